The number of rotatable bonds is 4. The van der Waals surface area contributed by atoms with Crippen LogP contribution < -0.4 is 10.6 Å². The van der Waals surface area contributed by atoms with Crippen molar-refractivity contribution >= 4 is 11.9 Å². The maximum atomic E-state index is 5.96. The smallest absolute Gasteiger partial charge is 0.246 e. The molecule has 17 heavy (non-hydrogen) atoms. The molecule has 2 N–H and O–H groups in total. The molecule has 2 heterocycles. The highest BCUT2D eigenvalue weighted by Gasteiger charge is 2.19. The maximum Gasteiger partial charge on any atom is 0.246 e. The van der Waals surface area contributed by atoms with Gasteiger partial charge in [0, 0.05) is 13.1 Å². The zero-order chi connectivity index (χ0) is 12.3. The molecule has 5 nitrogen and oxygen atoms in total. The van der Waals surface area contributed by atoms with Crippen LogP contribution >= 0.6 is 0 Å². The Kier molecular flexibility index (Phi) is 3.86. The third-order valence-corrected chi connectivity index (χ3v) is 3.57. The predicted octanol–water partition coefficient (Wildman–Crippen LogP) is 2.21. The number of hydrogen-bond acceptors (Lipinski definition) is 4. The summed E-state index contributed by atoms with van der Waals surface area (Å²) in [5, 5.41) is 4.58. The van der Waals surface area contributed by atoms with E-state index < -0.39 is 0 Å². The van der Waals surface area contributed by atoms with Gasteiger partial charge in [0.2, 0.25) is 11.9 Å². The van der Waals surface area contributed by atoms with Crippen molar-refractivity contribution < 1.29 is 0 Å². The molecule has 1 fully saturated rings. The van der Waals surface area contributed by atoms with Gasteiger partial charge in [-0.15, -0.1) is 5.10 Å². The van der Waals surface area contributed by atoms with E-state index in [1.165, 1.54) is 19.3 Å². The van der Waals surface area contributed by atoms with Crippen molar-refractivity contribution in [3.63, 3.8) is 0 Å². The Morgan fingerprint density at radius 2 is 1.82 bits per heavy atom. The summed E-state index contributed by atoms with van der Waals surface area (Å²) in [4.78, 5) is 6.66. The van der Waals surface area contributed by atoms with Crippen LogP contribution in [0.25, 0.3) is 0 Å². The summed E-state index contributed by atoms with van der Waals surface area (Å²) >= 11 is 0. The van der Waals surface area contributed by atoms with Gasteiger partial charge < -0.3 is 10.6 Å². The van der Waals surface area contributed by atoms with Crippen LogP contribution in [0, 0.1) is 0 Å². The van der Waals surface area contributed by atoms with E-state index in [0.29, 0.717) is 12.0 Å². The third kappa shape index (κ3) is 2.53. The second-order valence-electron chi connectivity index (χ2n) is 4.73. The van der Waals surface area contributed by atoms with Gasteiger partial charge in [-0.3, -0.25) is 0 Å². The zero-order valence-corrected chi connectivity index (χ0v) is 10.9. The van der Waals surface area contributed by atoms with Crippen molar-refractivity contribution in [1.29, 1.82) is 0 Å². The van der Waals surface area contributed by atoms with Crippen molar-refractivity contribution in [3.8, 4) is 0 Å². The molecule has 1 aliphatic rings. The summed E-state index contributed by atoms with van der Waals surface area (Å²) in [6.45, 7) is 6.45. The van der Waals surface area contributed by atoms with Gasteiger partial charge in [0.25, 0.3) is 0 Å². The maximum absolute atomic E-state index is 5.96. The Morgan fingerprint density at radius 3 is 2.41 bits per heavy atom. The standard InChI is InChI=1S/C12H23N5/c1-3-10(4-2)17-11(13)14-12(15-17)16-8-6-5-7-9-16/h10H,3-9H2,1-2H3,(H2,13,14,15). The van der Waals surface area contributed by atoms with E-state index in [1.807, 2.05) is 4.68 Å². The Labute approximate surface area is 103 Å². The Balaban J connectivity index is 2.16. The van der Waals surface area contributed by atoms with E-state index in [-0.39, 0.29) is 0 Å². The fraction of sp³-hybridized carbons (Fsp3) is 0.833. The van der Waals surface area contributed by atoms with Crippen molar-refractivity contribution in [1.82, 2.24) is 14.8 Å². The van der Waals surface area contributed by atoms with Gasteiger partial charge >= 0.3 is 0 Å². The number of piperidine rings is 1. The summed E-state index contributed by atoms with van der Waals surface area (Å²) in [5.74, 6) is 1.37. The van der Waals surface area contributed by atoms with Gasteiger partial charge in [0.15, 0.2) is 0 Å². The Morgan fingerprint density at radius 1 is 1.18 bits per heavy atom. The first-order valence-electron chi connectivity index (χ1n) is 6.73. The van der Waals surface area contributed by atoms with Crippen LogP contribution in [-0.4, -0.2) is 27.9 Å². The highest BCUT2D eigenvalue weighted by Crippen LogP contribution is 2.22. The molecule has 0 unspecified atom stereocenters. The summed E-state index contributed by atoms with van der Waals surface area (Å²) in [5.41, 5.74) is 5.96. The molecule has 1 aromatic rings. The summed E-state index contributed by atoms with van der Waals surface area (Å²) in [7, 11) is 0. The topological polar surface area (TPSA) is 60.0 Å². The highest BCUT2D eigenvalue weighted by molar-refractivity contribution is 5.35. The van der Waals surface area contributed by atoms with Crippen molar-refractivity contribution in [2.24, 2.45) is 0 Å². The first-order chi connectivity index (χ1) is 8.26. The minimum Gasteiger partial charge on any atom is -0.368 e. The molecule has 0 atom stereocenters. The van der Waals surface area contributed by atoms with E-state index in [4.69, 9.17) is 5.73 Å². The average Bonchev–Trinajstić information content (AvgIpc) is 2.75. The summed E-state index contributed by atoms with van der Waals surface area (Å²) < 4.78 is 1.89. The molecule has 0 saturated carbocycles. The van der Waals surface area contributed by atoms with Crippen molar-refractivity contribution in [2.75, 3.05) is 23.7 Å². The minimum absolute atomic E-state index is 0.376. The first kappa shape index (κ1) is 12.2. The number of nitrogens with zero attached hydrogens (tertiary/aromatic N) is 4. The lowest BCUT2D eigenvalue weighted by molar-refractivity contribution is 0.432. The lowest BCUT2D eigenvalue weighted by Gasteiger charge is -2.25. The molecule has 0 spiro atoms. The minimum atomic E-state index is 0.376. The molecule has 1 aromatic heterocycles. The highest BCUT2D eigenvalue weighted by atomic mass is 15.5. The first-order valence-corrected chi connectivity index (χ1v) is 6.73. The monoisotopic (exact) mass is 237 g/mol. The summed E-state index contributed by atoms with van der Waals surface area (Å²) in [6, 6.07) is 0.376. The normalized spacial score (nSPS) is 16.8. The van der Waals surface area contributed by atoms with Crippen LogP contribution in [0.4, 0.5) is 11.9 Å². The fourth-order valence-electron chi connectivity index (χ4n) is 2.45. The average molecular weight is 237 g/mol. The second-order valence-corrected chi connectivity index (χ2v) is 4.73. The van der Waals surface area contributed by atoms with Gasteiger partial charge in [0.05, 0.1) is 6.04 Å². The van der Waals surface area contributed by atoms with Gasteiger partial charge in [-0.05, 0) is 32.1 Å². The van der Waals surface area contributed by atoms with Crippen LogP contribution in [0.2, 0.25) is 0 Å². The van der Waals surface area contributed by atoms with Crippen LogP contribution in [0.1, 0.15) is 52.0 Å². The van der Waals surface area contributed by atoms with Crippen molar-refractivity contribution in [3.05, 3.63) is 0 Å². The SMILES string of the molecule is CCC(CC)n1nc(N2CCCCC2)nc1N. The summed E-state index contributed by atoms with van der Waals surface area (Å²) in [6.07, 6.45) is 5.88. The molecule has 2 rings (SSSR count). The number of aromatic nitrogens is 3. The molecular weight excluding hydrogens is 214 g/mol. The van der Waals surface area contributed by atoms with Gasteiger partial charge in [-0.1, -0.05) is 13.8 Å². The van der Waals surface area contributed by atoms with E-state index in [2.05, 4.69) is 28.8 Å². The van der Waals surface area contributed by atoms with E-state index in [0.717, 1.165) is 31.9 Å². The molecule has 1 aliphatic heterocycles. The van der Waals surface area contributed by atoms with Crippen molar-refractivity contribution in [2.45, 2.75) is 52.0 Å². The van der Waals surface area contributed by atoms with Crippen LogP contribution in [0.5, 0.6) is 0 Å². The molecule has 0 aromatic carbocycles. The van der Waals surface area contributed by atoms with Crippen LogP contribution in [0.15, 0.2) is 0 Å². The zero-order valence-electron chi connectivity index (χ0n) is 10.9. The molecule has 96 valence electrons. The van der Waals surface area contributed by atoms with Gasteiger partial charge in [-0.2, -0.15) is 4.98 Å². The lowest BCUT2D eigenvalue weighted by Crippen LogP contribution is -2.30. The van der Waals surface area contributed by atoms with Gasteiger partial charge in [-0.25, -0.2) is 4.68 Å². The predicted molar refractivity (Wildman–Crippen MR) is 70.1 cm³/mol. The van der Waals surface area contributed by atoms with E-state index in [9.17, 15) is 0 Å². The second kappa shape index (κ2) is 5.38. The molecule has 0 amide bonds. The van der Waals surface area contributed by atoms with E-state index >= 15 is 0 Å². The molecule has 0 bridgehead atoms. The number of nitrogens with two attached hydrogens (primary N) is 1. The number of nitrogen functional groups attached to an aromatic ring is 1. The molecule has 5 heteroatoms. The van der Waals surface area contributed by atoms with Gasteiger partial charge in [0.1, 0.15) is 0 Å². The Bertz CT molecular complexity index is 350. The Hall–Kier alpha value is -1.26. The number of anilines is 2. The molecule has 0 radical (unpaired) electrons. The van der Waals surface area contributed by atoms with Crippen LogP contribution in [-0.2, 0) is 0 Å². The fourth-order valence-corrected chi connectivity index (χ4v) is 2.45. The van der Waals surface area contributed by atoms with E-state index in [1.54, 1.807) is 0 Å². The molecule has 1 saturated heterocycles. The largest absolute Gasteiger partial charge is 0.368 e. The third-order valence-electron chi connectivity index (χ3n) is 3.57. The lowest BCUT2D eigenvalue weighted by atomic mass is 10.1. The molecular formula is C12H23N5. The number of hydrogen-bond donors (Lipinski definition) is 1. The van der Waals surface area contributed by atoms with Crippen LogP contribution in [0.3, 0.4) is 0 Å². The molecule has 0 aliphatic carbocycles. The quantitative estimate of drug-likeness (QED) is 0.872.